The topological polar surface area (TPSA) is 52.9 Å². The molecule has 0 saturated carbocycles. The van der Waals surface area contributed by atoms with E-state index in [0.717, 1.165) is 16.9 Å². The van der Waals surface area contributed by atoms with Crippen molar-refractivity contribution in [3.05, 3.63) is 28.8 Å². The fourth-order valence-electron chi connectivity index (χ4n) is 1.97. The third-order valence-electron chi connectivity index (χ3n) is 3.32. The van der Waals surface area contributed by atoms with Gasteiger partial charge in [-0.05, 0) is 43.7 Å². The molecule has 0 unspecified atom stereocenters. The van der Waals surface area contributed by atoms with Crippen molar-refractivity contribution in [3.63, 3.8) is 0 Å². The van der Waals surface area contributed by atoms with Gasteiger partial charge in [0.1, 0.15) is 5.75 Å². The molecule has 0 radical (unpaired) electrons. The van der Waals surface area contributed by atoms with Crippen molar-refractivity contribution in [2.45, 2.75) is 26.4 Å². The monoisotopic (exact) mass is 253 g/mol. The maximum Gasteiger partial charge on any atom is 0.122 e. The summed E-state index contributed by atoms with van der Waals surface area (Å²) in [6, 6.07) is 3.90. The van der Waals surface area contributed by atoms with E-state index in [1.54, 1.807) is 7.11 Å². The third kappa shape index (κ3) is 3.45. The number of aryl methyl sites for hydroxylation is 2. The van der Waals surface area contributed by atoms with Crippen molar-refractivity contribution in [1.29, 1.82) is 0 Å². The van der Waals surface area contributed by atoms with Crippen molar-refractivity contribution in [3.8, 4) is 5.75 Å². The van der Waals surface area contributed by atoms with E-state index < -0.39 is 0 Å². The lowest BCUT2D eigenvalue weighted by molar-refractivity contribution is 0.0872. The van der Waals surface area contributed by atoms with Gasteiger partial charge in [-0.2, -0.15) is 0 Å². The van der Waals surface area contributed by atoms with E-state index in [1.165, 1.54) is 5.56 Å². The number of methoxy groups -OCH3 is 1. The molecule has 18 heavy (non-hydrogen) atoms. The van der Waals surface area contributed by atoms with Crippen LogP contribution in [0, 0.1) is 13.8 Å². The lowest BCUT2D eigenvalue weighted by atomic mass is 10.0. The van der Waals surface area contributed by atoms with Crippen LogP contribution in [0.1, 0.15) is 16.7 Å². The third-order valence-corrected chi connectivity index (χ3v) is 3.32. The summed E-state index contributed by atoms with van der Waals surface area (Å²) >= 11 is 0. The summed E-state index contributed by atoms with van der Waals surface area (Å²) in [6.07, 6.45) is 0. The molecule has 1 aromatic rings. The molecule has 0 aliphatic carbocycles. The molecule has 0 atom stereocenters. The first kappa shape index (κ1) is 15.0. The molecule has 0 aliphatic rings. The van der Waals surface area contributed by atoms with Crippen LogP contribution in [0.3, 0.4) is 0 Å². The van der Waals surface area contributed by atoms with E-state index in [4.69, 9.17) is 14.9 Å². The highest BCUT2D eigenvalue weighted by atomic mass is 16.5. The van der Waals surface area contributed by atoms with Gasteiger partial charge in [-0.1, -0.05) is 6.07 Å². The minimum atomic E-state index is -0.216. The number of aliphatic hydroxyl groups excluding tert-OH is 2. The zero-order valence-corrected chi connectivity index (χ0v) is 11.6. The lowest BCUT2D eigenvalue weighted by Crippen LogP contribution is -2.37. The first-order valence-corrected chi connectivity index (χ1v) is 6.09. The number of likely N-dealkylation sites (N-methyl/N-ethyl adjacent to an activating group) is 1. The smallest absolute Gasteiger partial charge is 0.122 e. The van der Waals surface area contributed by atoms with Crippen LogP contribution in [0.5, 0.6) is 5.75 Å². The molecule has 0 saturated heterocycles. The number of nitrogens with zero attached hydrogens (tertiary/aromatic N) is 1. The second kappa shape index (κ2) is 6.73. The van der Waals surface area contributed by atoms with Crippen LogP contribution >= 0.6 is 0 Å². The van der Waals surface area contributed by atoms with Gasteiger partial charge >= 0.3 is 0 Å². The van der Waals surface area contributed by atoms with Crippen LogP contribution in [0.25, 0.3) is 0 Å². The summed E-state index contributed by atoms with van der Waals surface area (Å²) in [6.45, 7) is 4.67. The van der Waals surface area contributed by atoms with Crippen LogP contribution < -0.4 is 4.74 Å². The fraction of sp³-hybridized carbons (Fsp3) is 0.571. The van der Waals surface area contributed by atoms with Gasteiger partial charge in [-0.3, -0.25) is 4.90 Å². The maximum atomic E-state index is 9.16. The standard InChI is InChI=1S/C14H23NO3/c1-10-6-14(18-4)11(2)5-12(10)7-15(3)13(8-16)9-17/h5-6,13,16-17H,7-9H2,1-4H3. The Labute approximate surface area is 109 Å². The summed E-state index contributed by atoms with van der Waals surface area (Å²) in [5, 5.41) is 18.3. The fourth-order valence-corrected chi connectivity index (χ4v) is 1.97. The predicted molar refractivity (Wildman–Crippen MR) is 71.9 cm³/mol. The average Bonchev–Trinajstić information content (AvgIpc) is 2.34. The van der Waals surface area contributed by atoms with Crippen molar-refractivity contribution < 1.29 is 14.9 Å². The molecule has 0 aliphatic heterocycles. The van der Waals surface area contributed by atoms with Gasteiger partial charge in [-0.15, -0.1) is 0 Å². The molecule has 0 aromatic heterocycles. The molecule has 0 spiro atoms. The van der Waals surface area contributed by atoms with E-state index in [0.29, 0.717) is 6.54 Å². The summed E-state index contributed by atoms with van der Waals surface area (Å²) in [4.78, 5) is 1.95. The zero-order chi connectivity index (χ0) is 13.7. The minimum Gasteiger partial charge on any atom is -0.496 e. The van der Waals surface area contributed by atoms with Crippen molar-refractivity contribution >= 4 is 0 Å². The Morgan fingerprint density at radius 3 is 2.28 bits per heavy atom. The number of hydrogen-bond donors (Lipinski definition) is 2. The molecule has 0 amide bonds. The van der Waals surface area contributed by atoms with E-state index >= 15 is 0 Å². The molecule has 1 aromatic carbocycles. The highest BCUT2D eigenvalue weighted by molar-refractivity contribution is 5.41. The van der Waals surface area contributed by atoms with Crippen LogP contribution in [-0.4, -0.2) is 48.5 Å². The first-order valence-electron chi connectivity index (χ1n) is 6.09. The van der Waals surface area contributed by atoms with Gasteiger partial charge < -0.3 is 14.9 Å². The first-order chi connectivity index (χ1) is 8.53. The van der Waals surface area contributed by atoms with E-state index in [9.17, 15) is 0 Å². The van der Waals surface area contributed by atoms with E-state index in [2.05, 4.69) is 6.07 Å². The highest BCUT2D eigenvalue weighted by Gasteiger charge is 2.14. The molecule has 2 N–H and O–H groups in total. The number of aliphatic hydroxyl groups is 2. The summed E-state index contributed by atoms with van der Waals surface area (Å²) in [5.41, 5.74) is 3.43. The molecule has 4 nitrogen and oxygen atoms in total. The summed E-state index contributed by atoms with van der Waals surface area (Å²) < 4.78 is 5.28. The Kier molecular flexibility index (Phi) is 5.59. The van der Waals surface area contributed by atoms with Gasteiger partial charge in [0.25, 0.3) is 0 Å². The number of rotatable bonds is 6. The van der Waals surface area contributed by atoms with Gasteiger partial charge in [0.05, 0.1) is 26.4 Å². The molecule has 102 valence electrons. The Bertz CT molecular complexity index is 389. The largest absolute Gasteiger partial charge is 0.496 e. The maximum absolute atomic E-state index is 9.16. The van der Waals surface area contributed by atoms with Crippen LogP contribution in [0.4, 0.5) is 0 Å². The van der Waals surface area contributed by atoms with Gasteiger partial charge in [0.15, 0.2) is 0 Å². The quantitative estimate of drug-likeness (QED) is 0.797. The average molecular weight is 253 g/mol. The number of hydrogen-bond acceptors (Lipinski definition) is 4. The number of ether oxygens (including phenoxy) is 1. The minimum absolute atomic E-state index is 0.0405. The zero-order valence-electron chi connectivity index (χ0n) is 11.6. The van der Waals surface area contributed by atoms with Crippen LogP contribution in [0.15, 0.2) is 12.1 Å². The molecule has 0 heterocycles. The Morgan fingerprint density at radius 1 is 1.17 bits per heavy atom. The van der Waals surface area contributed by atoms with Crippen molar-refractivity contribution in [2.24, 2.45) is 0 Å². The lowest BCUT2D eigenvalue weighted by Gasteiger charge is -2.25. The molecular formula is C14H23NO3. The Hall–Kier alpha value is -1.10. The molecule has 0 bridgehead atoms. The molecule has 4 heteroatoms. The van der Waals surface area contributed by atoms with Crippen molar-refractivity contribution in [1.82, 2.24) is 4.90 Å². The van der Waals surface area contributed by atoms with E-state index in [1.807, 2.05) is 31.9 Å². The van der Waals surface area contributed by atoms with Gasteiger partial charge in [-0.25, -0.2) is 0 Å². The predicted octanol–water partition coefficient (Wildman–Crippen LogP) is 1.10. The van der Waals surface area contributed by atoms with E-state index in [-0.39, 0.29) is 19.3 Å². The highest BCUT2D eigenvalue weighted by Crippen LogP contribution is 2.23. The van der Waals surface area contributed by atoms with Crippen LogP contribution in [0.2, 0.25) is 0 Å². The molecule has 1 rings (SSSR count). The normalized spacial score (nSPS) is 11.3. The van der Waals surface area contributed by atoms with Crippen LogP contribution in [-0.2, 0) is 6.54 Å². The second-order valence-corrected chi connectivity index (χ2v) is 4.68. The summed E-state index contributed by atoms with van der Waals surface area (Å²) in [5.74, 6) is 0.889. The summed E-state index contributed by atoms with van der Waals surface area (Å²) in [7, 11) is 3.57. The van der Waals surface area contributed by atoms with Gasteiger partial charge in [0, 0.05) is 6.54 Å². The second-order valence-electron chi connectivity index (χ2n) is 4.68. The SMILES string of the molecule is COc1cc(C)c(CN(C)C(CO)CO)cc1C. The number of benzene rings is 1. The van der Waals surface area contributed by atoms with Crippen molar-refractivity contribution in [2.75, 3.05) is 27.4 Å². The van der Waals surface area contributed by atoms with Gasteiger partial charge in [0.2, 0.25) is 0 Å². The Balaban J connectivity index is 2.88. The molecular weight excluding hydrogens is 230 g/mol. The molecule has 0 fully saturated rings. The Morgan fingerprint density at radius 2 is 1.78 bits per heavy atom.